The van der Waals surface area contributed by atoms with E-state index in [1.165, 1.54) is 122 Å². The first-order chi connectivity index (χ1) is 14.2. The van der Waals surface area contributed by atoms with E-state index in [0.717, 1.165) is 12.8 Å². The van der Waals surface area contributed by atoms with E-state index in [9.17, 15) is 9.90 Å². The minimum absolute atomic E-state index is 0.230. The monoisotopic (exact) mass is 413 g/mol. The summed E-state index contributed by atoms with van der Waals surface area (Å²) in [5, 5.41) is 12.6. The van der Waals surface area contributed by atoms with Crippen molar-refractivity contribution in [3.8, 4) is 0 Å². The number of quaternary nitrogens is 1. The molecule has 3 nitrogen and oxygen atoms in total. The molecule has 176 valence electrons. The van der Waals surface area contributed by atoms with E-state index < -0.39 is 5.97 Å². The molecule has 0 aliphatic carbocycles. The molecule has 0 aromatic heterocycles. The van der Waals surface area contributed by atoms with Crippen LogP contribution in [0.15, 0.2) is 0 Å². The highest BCUT2D eigenvalue weighted by Gasteiger charge is 1.94. The lowest BCUT2D eigenvalue weighted by atomic mass is 10.1. The molecule has 0 spiro atoms. The van der Waals surface area contributed by atoms with Crippen LogP contribution in [0.1, 0.15) is 149 Å². The van der Waals surface area contributed by atoms with Crippen LogP contribution in [0.3, 0.4) is 0 Å². The van der Waals surface area contributed by atoms with E-state index in [4.69, 9.17) is 0 Å². The Hall–Kier alpha value is -0.570. The van der Waals surface area contributed by atoms with Crippen molar-refractivity contribution < 1.29 is 15.2 Å². The maximum Gasteiger partial charge on any atom is 0.0755 e. The topological polar surface area (TPSA) is 56.7 Å². The van der Waals surface area contributed by atoms with E-state index in [1.807, 2.05) is 0 Å². The van der Waals surface area contributed by atoms with Gasteiger partial charge in [-0.1, -0.05) is 111 Å². The molecule has 0 rings (SSSR count). The average molecular weight is 414 g/mol. The predicted molar refractivity (Wildman–Crippen MR) is 126 cm³/mol. The maximum atomic E-state index is 10.0. The van der Waals surface area contributed by atoms with Crippen molar-refractivity contribution in [3.05, 3.63) is 0 Å². The standard InChI is InChI=1S/C16H35N.C10H20O2/c1-3-5-7-9-11-13-15-17-16-14-12-10-8-6-4-2;1-2-3-4-5-6-7-8-9-10(11)12/h17H,3-16H2,1-2H3;2-9H2,1H3,(H,11,12). The molecule has 3 heteroatoms. The quantitative estimate of drug-likeness (QED) is 0.216. The minimum Gasteiger partial charge on any atom is -0.550 e. The summed E-state index contributed by atoms with van der Waals surface area (Å²) in [6.45, 7) is 9.49. The van der Waals surface area contributed by atoms with E-state index in [0.29, 0.717) is 0 Å². The average Bonchev–Trinajstić information content (AvgIpc) is 2.71. The lowest BCUT2D eigenvalue weighted by molar-refractivity contribution is -0.655. The molecule has 29 heavy (non-hydrogen) atoms. The molecule has 0 amide bonds. The smallest absolute Gasteiger partial charge is 0.0755 e. The first-order valence-corrected chi connectivity index (χ1v) is 13.2. The summed E-state index contributed by atoms with van der Waals surface area (Å²) in [6.07, 6.45) is 25.5. The Morgan fingerprint density at radius 3 is 1.17 bits per heavy atom. The molecule has 0 radical (unpaired) electrons. The summed E-state index contributed by atoms with van der Waals surface area (Å²) in [6, 6.07) is 0. The number of carboxylic acid groups (broad SMARTS) is 1. The van der Waals surface area contributed by atoms with Crippen LogP contribution in [0, 0.1) is 0 Å². The predicted octanol–water partition coefficient (Wildman–Crippen LogP) is 6.15. The van der Waals surface area contributed by atoms with Crippen LogP contribution in [-0.4, -0.2) is 19.1 Å². The zero-order chi connectivity index (χ0) is 21.8. The number of carbonyl (C=O) groups is 1. The van der Waals surface area contributed by atoms with Gasteiger partial charge in [0.1, 0.15) is 0 Å². The fourth-order valence-corrected chi connectivity index (χ4v) is 3.51. The zero-order valence-electron chi connectivity index (χ0n) is 20.5. The number of unbranched alkanes of at least 4 members (excludes halogenated alkanes) is 16. The fourth-order valence-electron chi connectivity index (χ4n) is 3.51. The van der Waals surface area contributed by atoms with Crippen molar-refractivity contribution in [2.75, 3.05) is 13.1 Å². The third-order valence-corrected chi connectivity index (χ3v) is 5.51. The van der Waals surface area contributed by atoms with Crippen molar-refractivity contribution in [1.29, 1.82) is 0 Å². The van der Waals surface area contributed by atoms with E-state index in [2.05, 4.69) is 26.1 Å². The Balaban J connectivity index is 0. The molecule has 0 saturated carbocycles. The highest BCUT2D eigenvalue weighted by molar-refractivity contribution is 5.63. The Labute approximate surface area is 183 Å². The fraction of sp³-hybridized carbons (Fsp3) is 0.962. The number of hydrogen-bond acceptors (Lipinski definition) is 2. The van der Waals surface area contributed by atoms with Gasteiger partial charge in [-0.3, -0.25) is 0 Å². The highest BCUT2D eigenvalue weighted by Crippen LogP contribution is 2.08. The van der Waals surface area contributed by atoms with Crippen molar-refractivity contribution in [1.82, 2.24) is 0 Å². The molecule has 0 aromatic rings. The van der Waals surface area contributed by atoms with Crippen LogP contribution in [0.2, 0.25) is 0 Å². The Morgan fingerprint density at radius 1 is 0.517 bits per heavy atom. The van der Waals surface area contributed by atoms with Crippen molar-refractivity contribution in [2.24, 2.45) is 0 Å². The Morgan fingerprint density at radius 2 is 0.828 bits per heavy atom. The molecule has 0 fully saturated rings. The summed E-state index contributed by atoms with van der Waals surface area (Å²) in [7, 11) is 0. The molecule has 0 aliphatic heterocycles. The van der Waals surface area contributed by atoms with Gasteiger partial charge in [0.2, 0.25) is 0 Å². The summed E-state index contributed by atoms with van der Waals surface area (Å²) < 4.78 is 0. The number of carbonyl (C=O) groups excluding carboxylic acids is 1. The third kappa shape index (κ3) is 35.3. The van der Waals surface area contributed by atoms with Gasteiger partial charge in [0.15, 0.2) is 0 Å². The molecule has 2 N–H and O–H groups in total. The van der Waals surface area contributed by atoms with Gasteiger partial charge >= 0.3 is 0 Å². The van der Waals surface area contributed by atoms with Crippen molar-refractivity contribution in [3.63, 3.8) is 0 Å². The summed E-state index contributed by atoms with van der Waals surface area (Å²) >= 11 is 0. The first-order valence-electron chi connectivity index (χ1n) is 13.2. The van der Waals surface area contributed by atoms with Crippen LogP contribution in [-0.2, 0) is 4.79 Å². The molecular weight excluding hydrogens is 358 g/mol. The Kier molecular flexibility index (Phi) is 31.3. The van der Waals surface area contributed by atoms with Gasteiger partial charge in [0.25, 0.3) is 0 Å². The molecule has 0 saturated heterocycles. The Bertz CT molecular complexity index is 280. The molecular formula is C26H55NO2. The van der Waals surface area contributed by atoms with Gasteiger partial charge in [0.05, 0.1) is 13.1 Å². The third-order valence-electron chi connectivity index (χ3n) is 5.51. The molecule has 0 aliphatic rings. The minimum atomic E-state index is -0.913. The number of hydrogen-bond donors (Lipinski definition) is 1. The van der Waals surface area contributed by atoms with Gasteiger partial charge in [0, 0.05) is 5.97 Å². The first kappa shape index (κ1) is 30.6. The molecule has 0 bridgehead atoms. The van der Waals surface area contributed by atoms with Gasteiger partial charge in [-0.15, -0.1) is 0 Å². The number of carboxylic acids is 1. The maximum absolute atomic E-state index is 10.0. The number of nitrogens with two attached hydrogens (primary N) is 1. The summed E-state index contributed by atoms with van der Waals surface area (Å²) in [4.78, 5) is 10.0. The van der Waals surface area contributed by atoms with Crippen molar-refractivity contribution >= 4 is 5.97 Å². The van der Waals surface area contributed by atoms with E-state index in [-0.39, 0.29) is 6.42 Å². The van der Waals surface area contributed by atoms with E-state index >= 15 is 0 Å². The van der Waals surface area contributed by atoms with Crippen LogP contribution >= 0.6 is 0 Å². The lowest BCUT2D eigenvalue weighted by Crippen LogP contribution is -2.84. The van der Waals surface area contributed by atoms with Gasteiger partial charge in [-0.05, 0) is 38.5 Å². The van der Waals surface area contributed by atoms with Crippen molar-refractivity contribution in [2.45, 2.75) is 149 Å². The number of aliphatic carboxylic acids is 1. The second-order valence-electron chi connectivity index (χ2n) is 8.64. The van der Waals surface area contributed by atoms with Crippen LogP contribution < -0.4 is 10.4 Å². The van der Waals surface area contributed by atoms with Crippen LogP contribution in [0.5, 0.6) is 0 Å². The SMILES string of the molecule is CCCCCCCCCC(=O)[O-].CCCCCCCC[NH2+]CCCCCCCC. The summed E-state index contributed by atoms with van der Waals surface area (Å²) in [5.74, 6) is -0.913. The van der Waals surface area contributed by atoms with E-state index in [1.54, 1.807) is 0 Å². The van der Waals surface area contributed by atoms with Gasteiger partial charge < -0.3 is 15.2 Å². The molecule has 0 atom stereocenters. The second-order valence-corrected chi connectivity index (χ2v) is 8.64. The second kappa shape index (κ2) is 29.6. The normalized spacial score (nSPS) is 10.6. The van der Waals surface area contributed by atoms with Gasteiger partial charge in [-0.25, -0.2) is 0 Å². The largest absolute Gasteiger partial charge is 0.550 e. The molecule has 0 aromatic carbocycles. The lowest BCUT2D eigenvalue weighted by Gasteiger charge is -2.02. The zero-order valence-corrected chi connectivity index (χ0v) is 20.5. The van der Waals surface area contributed by atoms with Crippen LogP contribution in [0.4, 0.5) is 0 Å². The highest BCUT2D eigenvalue weighted by atomic mass is 16.4. The molecule has 0 unspecified atom stereocenters. The number of rotatable bonds is 22. The van der Waals surface area contributed by atoms with Gasteiger partial charge in [-0.2, -0.15) is 0 Å². The summed E-state index contributed by atoms with van der Waals surface area (Å²) in [5.41, 5.74) is 0. The van der Waals surface area contributed by atoms with Crippen LogP contribution in [0.25, 0.3) is 0 Å². The molecule has 0 heterocycles.